The SMILES string of the molecule is C#CCC(C)NC1CCN(C(=O)OCC)CC1. The van der Waals surface area contributed by atoms with Gasteiger partial charge in [0, 0.05) is 31.6 Å². The number of terminal acetylenes is 1. The average molecular weight is 238 g/mol. The molecule has 0 aliphatic carbocycles. The zero-order valence-corrected chi connectivity index (χ0v) is 10.7. The van der Waals surface area contributed by atoms with Crippen molar-refractivity contribution in [3.63, 3.8) is 0 Å². The van der Waals surface area contributed by atoms with Gasteiger partial charge in [-0.1, -0.05) is 0 Å². The zero-order chi connectivity index (χ0) is 12.7. The van der Waals surface area contributed by atoms with Crippen molar-refractivity contribution in [3.8, 4) is 12.3 Å². The van der Waals surface area contributed by atoms with E-state index in [1.165, 1.54) is 0 Å². The molecule has 1 rings (SSSR count). The summed E-state index contributed by atoms with van der Waals surface area (Å²) in [5.74, 6) is 2.65. The summed E-state index contributed by atoms with van der Waals surface area (Å²) >= 11 is 0. The van der Waals surface area contributed by atoms with Gasteiger partial charge >= 0.3 is 6.09 Å². The Labute approximate surface area is 104 Å². The fourth-order valence-corrected chi connectivity index (χ4v) is 2.08. The number of likely N-dealkylation sites (tertiary alicyclic amines) is 1. The van der Waals surface area contributed by atoms with Crippen LogP contribution in [0.4, 0.5) is 4.79 Å². The molecule has 96 valence electrons. The number of hydrogen-bond acceptors (Lipinski definition) is 3. The maximum absolute atomic E-state index is 11.5. The Kier molecular flexibility index (Phi) is 5.85. The van der Waals surface area contributed by atoms with Crippen LogP contribution in [0.1, 0.15) is 33.1 Å². The molecule has 1 aliphatic heterocycles. The molecule has 4 nitrogen and oxygen atoms in total. The second-order valence-corrected chi connectivity index (χ2v) is 4.44. The molecule has 1 aliphatic rings. The molecule has 17 heavy (non-hydrogen) atoms. The molecule has 1 atom stereocenters. The van der Waals surface area contributed by atoms with Crippen molar-refractivity contribution in [1.82, 2.24) is 10.2 Å². The first kappa shape index (κ1) is 13.9. The predicted octanol–water partition coefficient (Wildman–Crippen LogP) is 1.61. The van der Waals surface area contributed by atoms with Gasteiger partial charge in [0.15, 0.2) is 0 Å². The molecule has 4 heteroatoms. The van der Waals surface area contributed by atoms with E-state index >= 15 is 0 Å². The van der Waals surface area contributed by atoms with Gasteiger partial charge in [-0.05, 0) is 26.7 Å². The Hall–Kier alpha value is -1.21. The van der Waals surface area contributed by atoms with E-state index < -0.39 is 0 Å². The normalized spacial score (nSPS) is 18.5. The average Bonchev–Trinajstić information content (AvgIpc) is 2.30. The molecule has 0 saturated carbocycles. The molecule has 0 spiro atoms. The van der Waals surface area contributed by atoms with Crippen molar-refractivity contribution in [2.45, 2.75) is 45.2 Å². The highest BCUT2D eigenvalue weighted by Gasteiger charge is 2.23. The van der Waals surface area contributed by atoms with Gasteiger partial charge in [0.2, 0.25) is 0 Å². The van der Waals surface area contributed by atoms with E-state index in [0.29, 0.717) is 18.7 Å². The van der Waals surface area contributed by atoms with Gasteiger partial charge in [-0.2, -0.15) is 0 Å². The van der Waals surface area contributed by atoms with Gasteiger partial charge in [-0.3, -0.25) is 0 Å². The van der Waals surface area contributed by atoms with Crippen LogP contribution in [0.2, 0.25) is 0 Å². The summed E-state index contributed by atoms with van der Waals surface area (Å²) in [5, 5.41) is 3.49. The quantitative estimate of drug-likeness (QED) is 0.757. The van der Waals surface area contributed by atoms with Crippen molar-refractivity contribution >= 4 is 6.09 Å². The van der Waals surface area contributed by atoms with E-state index in [1.54, 1.807) is 4.90 Å². The van der Waals surface area contributed by atoms with Gasteiger partial charge in [-0.25, -0.2) is 4.79 Å². The Morgan fingerprint density at radius 1 is 1.59 bits per heavy atom. The number of nitrogens with one attached hydrogen (secondary N) is 1. The lowest BCUT2D eigenvalue weighted by molar-refractivity contribution is 0.0944. The molecule has 0 aromatic carbocycles. The third-order valence-electron chi connectivity index (χ3n) is 2.97. The number of piperidine rings is 1. The lowest BCUT2D eigenvalue weighted by Gasteiger charge is -2.33. The monoisotopic (exact) mass is 238 g/mol. The summed E-state index contributed by atoms with van der Waals surface area (Å²) in [6.45, 7) is 5.89. The Bertz CT molecular complexity index is 278. The van der Waals surface area contributed by atoms with Crippen molar-refractivity contribution in [1.29, 1.82) is 0 Å². The number of nitrogens with zero attached hydrogens (tertiary/aromatic N) is 1. The minimum atomic E-state index is -0.192. The highest BCUT2D eigenvalue weighted by atomic mass is 16.6. The summed E-state index contributed by atoms with van der Waals surface area (Å²) in [6.07, 6.45) is 7.76. The zero-order valence-electron chi connectivity index (χ0n) is 10.7. The molecular weight excluding hydrogens is 216 g/mol. The maximum Gasteiger partial charge on any atom is 0.409 e. The lowest BCUT2D eigenvalue weighted by Crippen LogP contribution is -2.47. The summed E-state index contributed by atoms with van der Waals surface area (Å²) in [7, 11) is 0. The summed E-state index contributed by atoms with van der Waals surface area (Å²) < 4.78 is 4.98. The van der Waals surface area contributed by atoms with Gasteiger partial charge in [0.1, 0.15) is 0 Å². The third-order valence-corrected chi connectivity index (χ3v) is 2.97. The van der Waals surface area contributed by atoms with E-state index in [4.69, 9.17) is 11.2 Å². The molecule has 0 aromatic heterocycles. The lowest BCUT2D eigenvalue weighted by atomic mass is 10.0. The molecule has 1 unspecified atom stereocenters. The highest BCUT2D eigenvalue weighted by molar-refractivity contribution is 5.67. The number of carbonyl (C=O) groups excluding carboxylic acids is 1. The van der Waals surface area contributed by atoms with Crippen LogP contribution < -0.4 is 5.32 Å². The third kappa shape index (κ3) is 4.66. The van der Waals surface area contributed by atoms with Crippen LogP contribution in [0.5, 0.6) is 0 Å². The maximum atomic E-state index is 11.5. The highest BCUT2D eigenvalue weighted by Crippen LogP contribution is 2.12. The van der Waals surface area contributed by atoms with Crippen molar-refractivity contribution in [3.05, 3.63) is 0 Å². The first-order valence-electron chi connectivity index (χ1n) is 6.28. The summed E-state index contributed by atoms with van der Waals surface area (Å²) in [5.41, 5.74) is 0. The first-order chi connectivity index (χ1) is 8.17. The predicted molar refractivity (Wildman–Crippen MR) is 67.7 cm³/mol. The Balaban J connectivity index is 2.26. The minimum Gasteiger partial charge on any atom is -0.450 e. The molecule has 1 saturated heterocycles. The summed E-state index contributed by atoms with van der Waals surface area (Å²) in [6, 6.07) is 0.808. The first-order valence-corrected chi connectivity index (χ1v) is 6.28. The largest absolute Gasteiger partial charge is 0.450 e. The second-order valence-electron chi connectivity index (χ2n) is 4.44. The van der Waals surface area contributed by atoms with Crippen LogP contribution in [0.15, 0.2) is 0 Å². The van der Waals surface area contributed by atoms with E-state index in [1.807, 2.05) is 6.92 Å². The number of carbonyl (C=O) groups is 1. The van der Waals surface area contributed by atoms with Crippen molar-refractivity contribution in [2.75, 3.05) is 19.7 Å². The Morgan fingerprint density at radius 3 is 2.76 bits per heavy atom. The molecule has 0 bridgehead atoms. The fourth-order valence-electron chi connectivity index (χ4n) is 2.08. The van der Waals surface area contributed by atoms with Gasteiger partial charge in [0.25, 0.3) is 0 Å². The summed E-state index contributed by atoms with van der Waals surface area (Å²) in [4.78, 5) is 13.3. The van der Waals surface area contributed by atoms with Gasteiger partial charge in [0.05, 0.1) is 6.61 Å². The van der Waals surface area contributed by atoms with Crippen LogP contribution in [-0.2, 0) is 4.74 Å². The molecule has 1 amide bonds. The van der Waals surface area contributed by atoms with E-state index in [-0.39, 0.29) is 6.09 Å². The Morgan fingerprint density at radius 2 is 2.24 bits per heavy atom. The number of ether oxygens (including phenoxy) is 1. The number of hydrogen-bond donors (Lipinski definition) is 1. The van der Waals surface area contributed by atoms with E-state index in [0.717, 1.165) is 32.4 Å². The standard InChI is InChI=1S/C13H22N2O2/c1-4-6-11(3)14-12-7-9-15(10-8-12)13(16)17-5-2/h1,11-12,14H,5-10H2,2-3H3. The second kappa shape index (κ2) is 7.18. The molecule has 0 radical (unpaired) electrons. The molecule has 1 fully saturated rings. The van der Waals surface area contributed by atoms with Crippen LogP contribution in [-0.4, -0.2) is 42.8 Å². The number of amides is 1. The fraction of sp³-hybridized carbons (Fsp3) is 0.769. The van der Waals surface area contributed by atoms with Crippen molar-refractivity contribution < 1.29 is 9.53 Å². The molecule has 0 aromatic rings. The van der Waals surface area contributed by atoms with E-state index in [9.17, 15) is 4.79 Å². The van der Waals surface area contributed by atoms with Gasteiger partial charge < -0.3 is 15.0 Å². The van der Waals surface area contributed by atoms with Crippen LogP contribution in [0.25, 0.3) is 0 Å². The van der Waals surface area contributed by atoms with Crippen LogP contribution in [0.3, 0.4) is 0 Å². The van der Waals surface area contributed by atoms with Gasteiger partial charge in [-0.15, -0.1) is 12.3 Å². The number of rotatable bonds is 4. The van der Waals surface area contributed by atoms with Crippen molar-refractivity contribution in [2.24, 2.45) is 0 Å². The molecular formula is C13H22N2O2. The topological polar surface area (TPSA) is 41.6 Å². The van der Waals surface area contributed by atoms with E-state index in [2.05, 4.69) is 18.2 Å². The minimum absolute atomic E-state index is 0.192. The smallest absolute Gasteiger partial charge is 0.409 e. The molecule has 1 N–H and O–H groups in total. The molecule has 1 heterocycles. The van der Waals surface area contributed by atoms with Crippen LogP contribution in [0, 0.1) is 12.3 Å². The van der Waals surface area contributed by atoms with Crippen LogP contribution >= 0.6 is 0 Å².